The predicted molar refractivity (Wildman–Crippen MR) is 117 cm³/mol. The van der Waals surface area contributed by atoms with Gasteiger partial charge in [0.2, 0.25) is 0 Å². The number of aromatic nitrogens is 2. The monoisotopic (exact) mass is 460 g/mol. The van der Waals surface area contributed by atoms with Gasteiger partial charge >= 0.3 is 0 Å². The number of amidine groups is 1. The van der Waals surface area contributed by atoms with Gasteiger partial charge in [-0.1, -0.05) is 51.8 Å². The van der Waals surface area contributed by atoms with E-state index in [4.69, 9.17) is 35.3 Å². The van der Waals surface area contributed by atoms with Gasteiger partial charge < -0.3 is 16.5 Å². The zero-order valence-electron chi connectivity index (χ0n) is 13.9. The predicted octanol–water partition coefficient (Wildman–Crippen LogP) is 4.54. The van der Waals surface area contributed by atoms with Crippen molar-refractivity contribution in [1.29, 1.82) is 0 Å². The number of anilines is 1. The first-order valence-electron chi connectivity index (χ1n) is 7.72. The van der Waals surface area contributed by atoms with Crippen molar-refractivity contribution in [2.24, 2.45) is 15.9 Å². The molecule has 0 saturated heterocycles. The van der Waals surface area contributed by atoms with Crippen LogP contribution in [0.25, 0.3) is 11.3 Å². The van der Waals surface area contributed by atoms with E-state index in [0.29, 0.717) is 16.3 Å². The summed E-state index contributed by atoms with van der Waals surface area (Å²) < 4.78 is 1.22. The fourth-order valence-electron chi connectivity index (χ4n) is 2.34. The summed E-state index contributed by atoms with van der Waals surface area (Å²) in [7, 11) is 0. The van der Waals surface area contributed by atoms with E-state index in [-0.39, 0.29) is 16.4 Å². The van der Waals surface area contributed by atoms with Crippen LogP contribution in [0.3, 0.4) is 0 Å². The highest BCUT2D eigenvalue weighted by Gasteiger charge is 2.15. The fraction of sp³-hybridized carbons (Fsp3) is 0. The highest BCUT2D eigenvalue weighted by atomic mass is 79.9. The van der Waals surface area contributed by atoms with Crippen molar-refractivity contribution < 1.29 is 0 Å². The first kappa shape index (κ1) is 19.2. The molecule has 3 rings (SSSR count). The number of nitrogen functional groups attached to an aromatic ring is 1. The molecular weight excluding hydrogens is 448 g/mol. The maximum atomic E-state index is 6.13. The zero-order chi connectivity index (χ0) is 19.4. The van der Waals surface area contributed by atoms with Gasteiger partial charge in [0.25, 0.3) is 0 Å². The van der Waals surface area contributed by atoms with E-state index in [0.717, 1.165) is 15.6 Å². The Labute approximate surface area is 174 Å². The third kappa shape index (κ3) is 4.79. The standard InChI is InChI=1S/C18H14BrClN6S/c19-12-5-1-10(2-6-12)9-23-26-17(22)14-15(24-18(27)25-16(14)21)11-3-7-13(20)8-4-11/h1-9H,(H2,22,26)(H3,21,24,25,27)/b23-9+. The van der Waals surface area contributed by atoms with Crippen LogP contribution in [0.15, 0.2) is 63.2 Å². The molecule has 0 amide bonds. The van der Waals surface area contributed by atoms with Crippen molar-refractivity contribution in [2.75, 3.05) is 5.73 Å². The minimum atomic E-state index is 0.115. The number of benzene rings is 2. The average Bonchev–Trinajstić information content (AvgIpc) is 2.63. The van der Waals surface area contributed by atoms with Crippen LogP contribution < -0.4 is 11.5 Å². The van der Waals surface area contributed by atoms with Crippen LogP contribution in [0.1, 0.15) is 11.1 Å². The third-order valence-electron chi connectivity index (χ3n) is 3.59. The summed E-state index contributed by atoms with van der Waals surface area (Å²) in [5, 5.41) is 8.71. The van der Waals surface area contributed by atoms with Crippen LogP contribution in [0.5, 0.6) is 0 Å². The number of nitrogens with one attached hydrogen (secondary N) is 1. The van der Waals surface area contributed by atoms with Crippen molar-refractivity contribution in [3.8, 4) is 11.3 Å². The van der Waals surface area contributed by atoms with E-state index in [2.05, 4.69) is 36.1 Å². The number of H-pyrrole nitrogens is 1. The van der Waals surface area contributed by atoms with Crippen molar-refractivity contribution >= 4 is 57.6 Å². The Balaban J connectivity index is 2.00. The van der Waals surface area contributed by atoms with Gasteiger partial charge in [-0.25, -0.2) is 4.98 Å². The molecule has 0 aliphatic carbocycles. The van der Waals surface area contributed by atoms with Crippen molar-refractivity contribution in [1.82, 2.24) is 9.97 Å². The minimum Gasteiger partial charge on any atom is -0.383 e. The summed E-state index contributed by atoms with van der Waals surface area (Å²) in [5.74, 6) is 0.286. The number of nitrogens with zero attached hydrogens (tertiary/aromatic N) is 3. The van der Waals surface area contributed by atoms with Crippen molar-refractivity contribution in [3.05, 3.63) is 73.9 Å². The molecule has 136 valence electrons. The molecule has 0 saturated carbocycles. The Hall–Kier alpha value is -2.55. The Kier molecular flexibility index (Phi) is 6.00. The Morgan fingerprint density at radius 1 is 1.15 bits per heavy atom. The van der Waals surface area contributed by atoms with Gasteiger partial charge in [-0.05, 0) is 47.6 Å². The highest BCUT2D eigenvalue weighted by molar-refractivity contribution is 9.10. The number of hydrogen-bond donors (Lipinski definition) is 3. The average molecular weight is 462 g/mol. The van der Waals surface area contributed by atoms with Crippen LogP contribution in [0.4, 0.5) is 5.82 Å². The first-order valence-corrected chi connectivity index (χ1v) is 9.30. The van der Waals surface area contributed by atoms with E-state index in [1.807, 2.05) is 36.4 Å². The SMILES string of the molecule is N/C(=N\N=C\c1ccc(Br)cc1)c1c(N)nc(=S)[nH]c1-c1ccc(Cl)cc1. The normalized spacial score (nSPS) is 11.9. The molecule has 5 N–H and O–H groups in total. The molecule has 0 bridgehead atoms. The molecule has 0 aliphatic heterocycles. The highest BCUT2D eigenvalue weighted by Crippen LogP contribution is 2.26. The number of rotatable bonds is 4. The van der Waals surface area contributed by atoms with E-state index in [1.54, 1.807) is 18.3 Å². The zero-order valence-corrected chi connectivity index (χ0v) is 17.0. The largest absolute Gasteiger partial charge is 0.383 e. The molecule has 0 radical (unpaired) electrons. The summed E-state index contributed by atoms with van der Waals surface area (Å²) in [5.41, 5.74) is 14.9. The van der Waals surface area contributed by atoms with E-state index < -0.39 is 0 Å². The van der Waals surface area contributed by atoms with Crippen LogP contribution in [0.2, 0.25) is 5.02 Å². The van der Waals surface area contributed by atoms with Crippen LogP contribution >= 0.6 is 39.7 Å². The second-order valence-electron chi connectivity index (χ2n) is 5.47. The number of nitrogens with two attached hydrogens (primary N) is 2. The van der Waals surface area contributed by atoms with Gasteiger partial charge in [0, 0.05) is 9.50 Å². The molecule has 2 aromatic carbocycles. The smallest absolute Gasteiger partial charge is 0.199 e. The second-order valence-corrected chi connectivity index (χ2v) is 7.20. The molecular formula is C18H14BrClN6S. The molecule has 9 heteroatoms. The van der Waals surface area contributed by atoms with E-state index in [9.17, 15) is 0 Å². The molecule has 3 aromatic rings. The topological polar surface area (TPSA) is 105 Å². The number of hydrogen-bond acceptors (Lipinski definition) is 5. The van der Waals surface area contributed by atoms with Gasteiger partial charge in [0.1, 0.15) is 5.82 Å². The van der Waals surface area contributed by atoms with Crippen LogP contribution in [-0.4, -0.2) is 22.0 Å². The van der Waals surface area contributed by atoms with Crippen molar-refractivity contribution in [3.63, 3.8) is 0 Å². The minimum absolute atomic E-state index is 0.115. The number of aromatic amines is 1. The molecule has 1 heterocycles. The van der Waals surface area contributed by atoms with E-state index >= 15 is 0 Å². The van der Waals surface area contributed by atoms with Gasteiger partial charge in [0.15, 0.2) is 10.6 Å². The van der Waals surface area contributed by atoms with Gasteiger partial charge in [0.05, 0.1) is 17.5 Å². The first-order chi connectivity index (χ1) is 12.9. The van der Waals surface area contributed by atoms with Gasteiger partial charge in [-0.2, -0.15) is 5.10 Å². The molecule has 27 heavy (non-hydrogen) atoms. The maximum absolute atomic E-state index is 6.13. The van der Waals surface area contributed by atoms with Gasteiger partial charge in [-0.3, -0.25) is 0 Å². The lowest BCUT2D eigenvalue weighted by atomic mass is 10.1. The molecule has 0 aliphatic rings. The van der Waals surface area contributed by atoms with Crippen LogP contribution in [0, 0.1) is 4.77 Å². The summed E-state index contributed by atoms with van der Waals surface area (Å²) in [4.78, 5) is 7.08. The summed E-state index contributed by atoms with van der Waals surface area (Å²) in [6.45, 7) is 0. The molecule has 0 fully saturated rings. The molecule has 0 unspecified atom stereocenters. The van der Waals surface area contributed by atoms with Crippen LogP contribution in [-0.2, 0) is 0 Å². The molecule has 1 aromatic heterocycles. The second kappa shape index (κ2) is 8.43. The Bertz CT molecular complexity index is 1070. The summed E-state index contributed by atoms with van der Waals surface area (Å²) >= 11 is 14.5. The Morgan fingerprint density at radius 2 is 1.81 bits per heavy atom. The quantitative estimate of drug-likeness (QED) is 0.229. The molecule has 0 spiro atoms. The van der Waals surface area contributed by atoms with Gasteiger partial charge in [-0.15, -0.1) is 5.10 Å². The summed E-state index contributed by atoms with van der Waals surface area (Å²) in [6, 6.07) is 14.8. The molecule has 0 atom stereocenters. The summed E-state index contributed by atoms with van der Waals surface area (Å²) in [6.07, 6.45) is 1.59. The molecule has 6 nitrogen and oxygen atoms in total. The Morgan fingerprint density at radius 3 is 2.48 bits per heavy atom. The van der Waals surface area contributed by atoms with E-state index in [1.165, 1.54) is 0 Å². The number of halogens is 2. The maximum Gasteiger partial charge on any atom is 0.199 e. The lowest BCUT2D eigenvalue weighted by Crippen LogP contribution is -2.18. The third-order valence-corrected chi connectivity index (χ3v) is 4.57. The van der Waals surface area contributed by atoms with Crippen molar-refractivity contribution in [2.45, 2.75) is 0 Å². The fourth-order valence-corrected chi connectivity index (χ4v) is 2.93. The lowest BCUT2D eigenvalue weighted by molar-refractivity contribution is 1.13. The lowest BCUT2D eigenvalue weighted by Gasteiger charge is -2.11.